The van der Waals surface area contributed by atoms with Crippen LogP contribution in [0, 0.1) is 11.8 Å². The first-order chi connectivity index (χ1) is 14.8. The summed E-state index contributed by atoms with van der Waals surface area (Å²) in [6, 6.07) is 8.40. The minimum absolute atomic E-state index is 0.0862. The first-order valence-electron chi connectivity index (χ1n) is 10.4. The Balaban J connectivity index is 1.99. The number of nitrogens with zero attached hydrogens (tertiary/aromatic N) is 1. The predicted molar refractivity (Wildman–Crippen MR) is 116 cm³/mol. The molecule has 0 aromatic heterocycles. The molecule has 8 nitrogen and oxygen atoms in total. The highest BCUT2D eigenvalue weighted by Gasteiger charge is 2.31. The molecule has 0 aliphatic carbocycles. The zero-order chi connectivity index (χ0) is 22.8. The Morgan fingerprint density at radius 2 is 1.97 bits per heavy atom. The molecular formula is C22H30ClN3O5. The SMILES string of the molecule is CC(C)C[C@@H](NC(=O)OCc1ccccc1)C(=O)CN(C[C@@H]1CCNC1=O)C(=O)CCl. The number of amides is 3. The van der Waals surface area contributed by atoms with Crippen LogP contribution < -0.4 is 10.6 Å². The second-order valence-corrected chi connectivity index (χ2v) is 8.31. The lowest BCUT2D eigenvalue weighted by atomic mass is 9.99. The van der Waals surface area contributed by atoms with Crippen LogP contribution in [0.1, 0.15) is 32.3 Å². The molecule has 1 aliphatic rings. The van der Waals surface area contributed by atoms with Crippen LogP contribution in [-0.2, 0) is 25.7 Å². The lowest BCUT2D eigenvalue weighted by Gasteiger charge is -2.26. The van der Waals surface area contributed by atoms with E-state index in [2.05, 4.69) is 10.6 Å². The van der Waals surface area contributed by atoms with Crippen molar-refractivity contribution in [2.75, 3.05) is 25.5 Å². The number of hydrogen-bond donors (Lipinski definition) is 2. The third-order valence-electron chi connectivity index (χ3n) is 5.02. The number of alkyl halides is 1. The maximum Gasteiger partial charge on any atom is 0.408 e. The largest absolute Gasteiger partial charge is 0.445 e. The summed E-state index contributed by atoms with van der Waals surface area (Å²) < 4.78 is 5.23. The van der Waals surface area contributed by atoms with Crippen LogP contribution in [0.4, 0.5) is 4.79 Å². The summed E-state index contributed by atoms with van der Waals surface area (Å²) in [5.74, 6) is -1.43. The van der Waals surface area contributed by atoms with E-state index in [1.807, 2.05) is 44.2 Å². The van der Waals surface area contributed by atoms with E-state index >= 15 is 0 Å². The molecule has 1 saturated heterocycles. The summed E-state index contributed by atoms with van der Waals surface area (Å²) >= 11 is 5.71. The van der Waals surface area contributed by atoms with Gasteiger partial charge in [-0.2, -0.15) is 0 Å². The topological polar surface area (TPSA) is 105 Å². The summed E-state index contributed by atoms with van der Waals surface area (Å²) in [7, 11) is 0. The van der Waals surface area contributed by atoms with E-state index in [0.29, 0.717) is 19.4 Å². The Kier molecular flexibility index (Phi) is 9.78. The lowest BCUT2D eigenvalue weighted by Crippen LogP contribution is -2.49. The molecule has 170 valence electrons. The fraction of sp³-hybridized carbons (Fsp3) is 0.545. The minimum Gasteiger partial charge on any atom is -0.445 e. The number of halogens is 1. The Hall–Kier alpha value is -2.61. The molecule has 2 atom stereocenters. The molecule has 1 heterocycles. The van der Waals surface area contributed by atoms with Crippen LogP contribution in [0.15, 0.2) is 30.3 Å². The van der Waals surface area contributed by atoms with E-state index in [1.165, 1.54) is 4.90 Å². The smallest absolute Gasteiger partial charge is 0.408 e. The van der Waals surface area contributed by atoms with Crippen molar-refractivity contribution in [3.8, 4) is 0 Å². The average Bonchev–Trinajstić information content (AvgIpc) is 3.15. The highest BCUT2D eigenvalue weighted by molar-refractivity contribution is 6.27. The maximum atomic E-state index is 13.0. The number of ketones is 1. The van der Waals surface area contributed by atoms with E-state index in [9.17, 15) is 19.2 Å². The first kappa shape index (κ1) is 24.7. The van der Waals surface area contributed by atoms with Crippen molar-refractivity contribution in [3.05, 3.63) is 35.9 Å². The van der Waals surface area contributed by atoms with Gasteiger partial charge in [-0.15, -0.1) is 11.6 Å². The fourth-order valence-electron chi connectivity index (χ4n) is 3.37. The summed E-state index contributed by atoms with van der Waals surface area (Å²) in [5, 5.41) is 5.34. The van der Waals surface area contributed by atoms with Gasteiger partial charge in [-0.1, -0.05) is 44.2 Å². The normalized spacial score (nSPS) is 16.5. The van der Waals surface area contributed by atoms with Gasteiger partial charge in [0.2, 0.25) is 11.8 Å². The highest BCUT2D eigenvalue weighted by atomic mass is 35.5. The van der Waals surface area contributed by atoms with Crippen molar-refractivity contribution in [2.45, 2.75) is 39.3 Å². The second kappa shape index (κ2) is 12.3. The van der Waals surface area contributed by atoms with Crippen molar-refractivity contribution in [1.82, 2.24) is 15.5 Å². The number of ether oxygens (including phenoxy) is 1. The van der Waals surface area contributed by atoms with Gasteiger partial charge in [0.15, 0.2) is 5.78 Å². The highest BCUT2D eigenvalue weighted by Crippen LogP contribution is 2.14. The van der Waals surface area contributed by atoms with Crippen LogP contribution >= 0.6 is 11.6 Å². The van der Waals surface area contributed by atoms with Crippen molar-refractivity contribution in [3.63, 3.8) is 0 Å². The number of rotatable bonds is 11. The summed E-state index contributed by atoms with van der Waals surface area (Å²) in [6.45, 7) is 4.39. The van der Waals surface area contributed by atoms with Crippen LogP contribution in [0.5, 0.6) is 0 Å². The van der Waals surface area contributed by atoms with Gasteiger partial charge in [0, 0.05) is 13.1 Å². The minimum atomic E-state index is -0.814. The van der Waals surface area contributed by atoms with Gasteiger partial charge in [0.25, 0.3) is 0 Å². The Morgan fingerprint density at radius 3 is 2.55 bits per heavy atom. The number of Topliss-reactive ketones (excluding diaryl/α,β-unsaturated/α-hetero) is 1. The van der Waals surface area contributed by atoms with Crippen molar-refractivity contribution < 1.29 is 23.9 Å². The molecular weight excluding hydrogens is 422 g/mol. The molecule has 0 unspecified atom stereocenters. The molecule has 1 fully saturated rings. The van der Waals surface area contributed by atoms with E-state index < -0.39 is 18.0 Å². The van der Waals surface area contributed by atoms with Gasteiger partial charge >= 0.3 is 6.09 Å². The van der Waals surface area contributed by atoms with E-state index in [0.717, 1.165) is 5.56 Å². The van der Waals surface area contributed by atoms with Crippen LogP contribution in [0.2, 0.25) is 0 Å². The quantitative estimate of drug-likeness (QED) is 0.501. The summed E-state index contributed by atoms with van der Waals surface area (Å²) in [5.41, 5.74) is 0.832. The lowest BCUT2D eigenvalue weighted by molar-refractivity contribution is -0.135. The monoisotopic (exact) mass is 451 g/mol. The maximum absolute atomic E-state index is 13.0. The van der Waals surface area contributed by atoms with Gasteiger partial charge in [-0.05, 0) is 24.3 Å². The molecule has 9 heteroatoms. The van der Waals surface area contributed by atoms with E-state index in [1.54, 1.807) is 0 Å². The number of benzene rings is 1. The predicted octanol–water partition coefficient (Wildman–Crippen LogP) is 2.10. The molecule has 1 aromatic carbocycles. The number of carbonyl (C=O) groups excluding carboxylic acids is 4. The number of carbonyl (C=O) groups is 4. The van der Waals surface area contributed by atoms with Gasteiger partial charge in [0.1, 0.15) is 12.5 Å². The molecule has 2 rings (SSSR count). The van der Waals surface area contributed by atoms with Crippen molar-refractivity contribution in [2.24, 2.45) is 11.8 Å². The van der Waals surface area contributed by atoms with Gasteiger partial charge in [0.05, 0.1) is 18.5 Å². The van der Waals surface area contributed by atoms with Crippen molar-refractivity contribution >= 4 is 35.3 Å². The van der Waals surface area contributed by atoms with E-state index in [4.69, 9.17) is 16.3 Å². The molecule has 0 spiro atoms. The van der Waals surface area contributed by atoms with Gasteiger partial charge in [-0.3, -0.25) is 14.4 Å². The Labute approximate surface area is 187 Å². The van der Waals surface area contributed by atoms with Gasteiger partial charge in [-0.25, -0.2) is 4.79 Å². The molecule has 0 bridgehead atoms. The van der Waals surface area contributed by atoms with E-state index in [-0.39, 0.29) is 49.1 Å². The Morgan fingerprint density at radius 1 is 1.26 bits per heavy atom. The first-order valence-corrected chi connectivity index (χ1v) is 10.9. The molecule has 0 saturated carbocycles. The third kappa shape index (κ3) is 8.20. The molecule has 2 N–H and O–H groups in total. The van der Waals surface area contributed by atoms with Crippen LogP contribution in [0.3, 0.4) is 0 Å². The number of alkyl carbamates (subject to hydrolysis) is 1. The molecule has 0 radical (unpaired) electrons. The molecule has 31 heavy (non-hydrogen) atoms. The third-order valence-corrected chi connectivity index (χ3v) is 5.25. The molecule has 1 aromatic rings. The summed E-state index contributed by atoms with van der Waals surface area (Å²) in [6.07, 6.45) is 0.290. The second-order valence-electron chi connectivity index (χ2n) is 8.04. The molecule has 3 amide bonds. The average molecular weight is 452 g/mol. The summed E-state index contributed by atoms with van der Waals surface area (Å²) in [4.78, 5) is 50.7. The fourth-order valence-corrected chi connectivity index (χ4v) is 3.54. The zero-order valence-corrected chi connectivity index (χ0v) is 18.7. The number of nitrogens with one attached hydrogen (secondary N) is 2. The van der Waals surface area contributed by atoms with Crippen LogP contribution in [-0.4, -0.2) is 60.1 Å². The zero-order valence-electron chi connectivity index (χ0n) is 17.9. The van der Waals surface area contributed by atoms with Crippen molar-refractivity contribution in [1.29, 1.82) is 0 Å². The van der Waals surface area contributed by atoms with Crippen LogP contribution in [0.25, 0.3) is 0 Å². The molecule has 1 aliphatic heterocycles. The standard InChI is InChI=1S/C22H30ClN3O5/c1-15(2)10-18(25-22(30)31-14-16-6-4-3-5-7-16)19(27)13-26(20(28)11-23)12-17-8-9-24-21(17)29/h3-7,15,17-18H,8-14H2,1-2H3,(H,24,29)(H,25,30)/t17-,18+/m0/s1. The number of hydrogen-bond acceptors (Lipinski definition) is 5. The van der Waals surface area contributed by atoms with Gasteiger partial charge < -0.3 is 20.3 Å². The Bertz CT molecular complexity index is 772.